The van der Waals surface area contributed by atoms with E-state index in [1.54, 1.807) is 18.3 Å². The van der Waals surface area contributed by atoms with E-state index in [2.05, 4.69) is 15.3 Å². The summed E-state index contributed by atoms with van der Waals surface area (Å²) >= 11 is 19.2. The van der Waals surface area contributed by atoms with E-state index in [1.807, 2.05) is 0 Å². The van der Waals surface area contributed by atoms with Crippen molar-refractivity contribution < 1.29 is 14.2 Å². The summed E-state index contributed by atoms with van der Waals surface area (Å²) in [5.41, 5.74) is 1.00. The van der Waals surface area contributed by atoms with Gasteiger partial charge in [0.1, 0.15) is 22.5 Å². The van der Waals surface area contributed by atoms with Gasteiger partial charge in [0.25, 0.3) is 0 Å². The van der Waals surface area contributed by atoms with Crippen molar-refractivity contribution >= 4 is 51.5 Å². The van der Waals surface area contributed by atoms with Gasteiger partial charge < -0.3 is 19.5 Å². The third-order valence-corrected chi connectivity index (χ3v) is 5.57. The second-order valence-electron chi connectivity index (χ2n) is 6.41. The van der Waals surface area contributed by atoms with Crippen LogP contribution >= 0.6 is 34.8 Å². The summed E-state index contributed by atoms with van der Waals surface area (Å²) < 4.78 is 16.2. The van der Waals surface area contributed by atoms with E-state index >= 15 is 0 Å². The van der Waals surface area contributed by atoms with Crippen LogP contribution < -0.4 is 14.8 Å². The summed E-state index contributed by atoms with van der Waals surface area (Å²) in [5, 5.41) is 5.06. The van der Waals surface area contributed by atoms with Crippen molar-refractivity contribution in [3.63, 3.8) is 0 Å². The first-order valence-electron chi connectivity index (χ1n) is 8.79. The Labute approximate surface area is 182 Å². The lowest BCUT2D eigenvalue weighted by molar-refractivity contribution is 0.195. The lowest BCUT2D eigenvalue weighted by Gasteiger charge is -2.17. The van der Waals surface area contributed by atoms with Gasteiger partial charge in [-0.2, -0.15) is 0 Å². The molecule has 0 saturated carbocycles. The summed E-state index contributed by atoms with van der Waals surface area (Å²) in [6.45, 7) is 1.29. The minimum atomic E-state index is 0.124. The molecule has 1 aromatic carbocycles. The molecule has 3 aromatic rings. The summed E-state index contributed by atoms with van der Waals surface area (Å²) in [4.78, 5) is 13.4. The van der Waals surface area contributed by atoms with Crippen LogP contribution in [-0.2, 0) is 4.74 Å². The van der Waals surface area contributed by atoms with Crippen LogP contribution in [0.15, 0.2) is 18.3 Å². The molecule has 1 fully saturated rings. The van der Waals surface area contributed by atoms with Gasteiger partial charge in [-0.1, -0.05) is 34.8 Å². The van der Waals surface area contributed by atoms with Gasteiger partial charge in [0, 0.05) is 18.1 Å². The van der Waals surface area contributed by atoms with Crippen LogP contribution in [0.5, 0.6) is 11.5 Å². The molecule has 1 unspecified atom stereocenters. The number of nitrogens with one attached hydrogen (secondary N) is 1. The number of fused-ring (bicyclic) bond motifs is 1. The Morgan fingerprint density at radius 1 is 1.07 bits per heavy atom. The van der Waals surface area contributed by atoms with Crippen LogP contribution in [0.25, 0.3) is 22.3 Å². The van der Waals surface area contributed by atoms with E-state index < -0.39 is 0 Å². The highest BCUT2D eigenvalue weighted by Crippen LogP contribution is 2.45. The van der Waals surface area contributed by atoms with Crippen molar-refractivity contribution in [2.45, 2.75) is 12.5 Å². The molecule has 1 N–H and O–H groups in total. The summed E-state index contributed by atoms with van der Waals surface area (Å²) in [6.07, 6.45) is 2.45. The molecule has 0 spiro atoms. The molecule has 0 radical (unpaired) electrons. The van der Waals surface area contributed by atoms with Crippen molar-refractivity contribution in [2.24, 2.45) is 0 Å². The zero-order chi connectivity index (χ0) is 20.5. The molecule has 1 saturated heterocycles. The van der Waals surface area contributed by atoms with Gasteiger partial charge in [0.2, 0.25) is 0 Å². The quantitative estimate of drug-likeness (QED) is 0.550. The van der Waals surface area contributed by atoms with Gasteiger partial charge >= 0.3 is 0 Å². The van der Waals surface area contributed by atoms with E-state index in [1.165, 1.54) is 14.2 Å². The molecule has 0 aliphatic carbocycles. The Balaban J connectivity index is 1.94. The number of methoxy groups -OCH3 is 2. The normalized spacial score (nSPS) is 16.2. The third kappa shape index (κ3) is 3.88. The van der Waals surface area contributed by atoms with Gasteiger partial charge in [-0.3, -0.25) is 0 Å². The predicted molar refractivity (Wildman–Crippen MR) is 114 cm³/mol. The zero-order valence-corrected chi connectivity index (χ0v) is 17.9. The highest BCUT2D eigenvalue weighted by atomic mass is 35.5. The molecule has 1 atom stereocenters. The number of ether oxygens (including phenoxy) is 3. The van der Waals surface area contributed by atoms with Gasteiger partial charge in [-0.05, 0) is 12.5 Å². The topological polar surface area (TPSA) is 78.4 Å². The number of anilines is 1. The number of halogens is 3. The summed E-state index contributed by atoms with van der Waals surface area (Å²) in [6, 6.07) is 3.46. The predicted octanol–water partition coefficient (Wildman–Crippen LogP) is 4.87. The Bertz CT molecular complexity index is 1050. The van der Waals surface area contributed by atoms with Crippen LogP contribution in [0.3, 0.4) is 0 Å². The molecular formula is C19H17Cl3N4O3. The average Bonchev–Trinajstić information content (AvgIpc) is 3.22. The van der Waals surface area contributed by atoms with Crippen LogP contribution in [0.4, 0.5) is 5.82 Å². The second kappa shape index (κ2) is 8.36. The molecular weight excluding hydrogens is 439 g/mol. The fourth-order valence-corrected chi connectivity index (χ4v) is 3.98. The van der Waals surface area contributed by atoms with Crippen LogP contribution in [-0.4, -0.2) is 48.4 Å². The lowest BCUT2D eigenvalue weighted by Crippen LogP contribution is -2.20. The van der Waals surface area contributed by atoms with E-state index in [9.17, 15) is 0 Å². The highest BCUT2D eigenvalue weighted by molar-refractivity contribution is 6.41. The molecule has 1 aliphatic rings. The monoisotopic (exact) mass is 454 g/mol. The molecule has 4 rings (SSSR count). The van der Waals surface area contributed by atoms with Gasteiger partial charge in [0.05, 0.1) is 54.2 Å². The number of rotatable bonds is 5. The number of nitrogens with zero attached hydrogens (tertiary/aromatic N) is 3. The maximum Gasteiger partial charge on any atom is 0.165 e. The van der Waals surface area contributed by atoms with Crippen molar-refractivity contribution in [1.29, 1.82) is 0 Å². The number of hydrogen-bond donors (Lipinski definition) is 1. The van der Waals surface area contributed by atoms with Gasteiger partial charge in [-0.25, -0.2) is 15.0 Å². The van der Waals surface area contributed by atoms with E-state index in [0.717, 1.165) is 11.8 Å². The first-order chi connectivity index (χ1) is 14.0. The van der Waals surface area contributed by atoms with Gasteiger partial charge in [0.15, 0.2) is 5.82 Å². The minimum Gasteiger partial charge on any atom is -0.495 e. The Hall–Kier alpha value is -2.06. The molecule has 2 aromatic heterocycles. The fraction of sp³-hybridized carbons (Fsp3) is 0.316. The maximum absolute atomic E-state index is 6.55. The SMILES string of the molecule is COc1cc(OC)c(Cl)c(-c2nc(NC3CCOC3)c3cc(Cl)ncc3n2)c1Cl. The Morgan fingerprint density at radius 3 is 2.41 bits per heavy atom. The molecule has 1 aliphatic heterocycles. The lowest BCUT2D eigenvalue weighted by atomic mass is 10.1. The van der Waals surface area contributed by atoms with Gasteiger partial charge in [-0.15, -0.1) is 0 Å². The first-order valence-corrected chi connectivity index (χ1v) is 9.93. The van der Waals surface area contributed by atoms with Crippen LogP contribution in [0.1, 0.15) is 6.42 Å². The highest BCUT2D eigenvalue weighted by Gasteiger charge is 2.23. The minimum absolute atomic E-state index is 0.124. The van der Waals surface area contributed by atoms with Crippen molar-refractivity contribution in [1.82, 2.24) is 15.0 Å². The smallest absolute Gasteiger partial charge is 0.165 e. The number of hydrogen-bond acceptors (Lipinski definition) is 7. The Morgan fingerprint density at radius 2 is 1.79 bits per heavy atom. The summed E-state index contributed by atoms with van der Waals surface area (Å²) in [5.74, 6) is 1.72. The molecule has 0 amide bonds. The molecule has 0 bridgehead atoms. The molecule has 152 valence electrons. The molecule has 10 heteroatoms. The maximum atomic E-state index is 6.55. The van der Waals surface area contributed by atoms with Crippen molar-refractivity contribution in [3.8, 4) is 22.9 Å². The molecule has 7 nitrogen and oxygen atoms in total. The first kappa shape index (κ1) is 20.2. The van der Waals surface area contributed by atoms with Crippen LogP contribution in [0, 0.1) is 0 Å². The zero-order valence-electron chi connectivity index (χ0n) is 15.6. The van der Waals surface area contributed by atoms with E-state index in [0.29, 0.717) is 52.6 Å². The molecule has 3 heterocycles. The third-order valence-electron chi connectivity index (χ3n) is 4.62. The average molecular weight is 456 g/mol. The molecule has 29 heavy (non-hydrogen) atoms. The van der Waals surface area contributed by atoms with Crippen molar-refractivity contribution in [3.05, 3.63) is 33.5 Å². The second-order valence-corrected chi connectivity index (χ2v) is 7.55. The van der Waals surface area contributed by atoms with Crippen LogP contribution in [0.2, 0.25) is 15.2 Å². The Kier molecular flexibility index (Phi) is 5.83. The number of aromatic nitrogens is 3. The number of benzene rings is 1. The largest absolute Gasteiger partial charge is 0.495 e. The standard InChI is InChI=1S/C19H17Cl3N4O3/c1-27-12-6-13(28-2)17(22)15(16(12)21)19-25-11-7-23-14(20)5-10(11)18(26-19)24-9-3-4-29-8-9/h5-7,9H,3-4,8H2,1-2H3,(H,24,25,26). The van der Waals surface area contributed by atoms with E-state index in [4.69, 9.17) is 54.0 Å². The van der Waals surface area contributed by atoms with Crippen molar-refractivity contribution in [2.75, 3.05) is 32.8 Å². The fourth-order valence-electron chi connectivity index (χ4n) is 3.15. The van der Waals surface area contributed by atoms with E-state index in [-0.39, 0.29) is 16.1 Å². The summed E-state index contributed by atoms with van der Waals surface area (Å²) in [7, 11) is 3.02. The number of pyridine rings is 1.